The third kappa shape index (κ3) is 5.51. The molecular formula is C24H28N4O4. The highest BCUT2D eigenvalue weighted by atomic mass is 16.6. The SMILES string of the molecule is CC[C@@](Cc1ccc(Nc2nccc3cnccc23)cc1)(NC(=O)OC(C)(C)C)C(=O)O. The van der Waals surface area contributed by atoms with E-state index in [1.165, 1.54) is 0 Å². The number of alkyl carbamates (subject to hydrolysis) is 1. The van der Waals surface area contributed by atoms with Crippen LogP contribution in [0.15, 0.2) is 55.0 Å². The van der Waals surface area contributed by atoms with Crippen LogP contribution in [0.1, 0.15) is 39.7 Å². The molecule has 3 N–H and O–H groups in total. The number of nitrogens with one attached hydrogen (secondary N) is 2. The summed E-state index contributed by atoms with van der Waals surface area (Å²) < 4.78 is 5.27. The second-order valence-electron chi connectivity index (χ2n) is 8.62. The second-order valence-corrected chi connectivity index (χ2v) is 8.62. The molecule has 0 saturated heterocycles. The van der Waals surface area contributed by atoms with E-state index in [2.05, 4.69) is 20.6 Å². The van der Waals surface area contributed by atoms with Gasteiger partial charge in [-0.1, -0.05) is 19.1 Å². The standard InChI is InChI=1S/C24H28N4O4/c1-5-24(21(29)30,28-22(31)32-23(2,3)4)14-16-6-8-18(9-7-16)27-20-19-11-12-25-15-17(19)10-13-26-20/h6-13,15H,5,14H2,1-4H3,(H,26,27)(H,28,31)(H,29,30)/t24-/m0/s1. The molecule has 0 radical (unpaired) electrons. The number of ether oxygens (including phenoxy) is 1. The molecule has 0 bridgehead atoms. The van der Waals surface area contributed by atoms with Gasteiger partial charge in [-0.05, 0) is 57.0 Å². The maximum Gasteiger partial charge on any atom is 0.408 e. The smallest absolute Gasteiger partial charge is 0.408 e. The van der Waals surface area contributed by atoms with Gasteiger partial charge in [-0.15, -0.1) is 0 Å². The van der Waals surface area contributed by atoms with Crippen LogP contribution in [0.25, 0.3) is 10.8 Å². The van der Waals surface area contributed by atoms with Gasteiger partial charge in [0.25, 0.3) is 0 Å². The largest absolute Gasteiger partial charge is 0.479 e. The van der Waals surface area contributed by atoms with Crippen molar-refractivity contribution >= 4 is 34.3 Å². The fraction of sp³-hybridized carbons (Fsp3) is 0.333. The Hall–Kier alpha value is -3.68. The van der Waals surface area contributed by atoms with Crippen molar-refractivity contribution in [2.24, 2.45) is 0 Å². The van der Waals surface area contributed by atoms with Gasteiger partial charge in [0.05, 0.1) is 0 Å². The molecule has 0 saturated carbocycles. The minimum Gasteiger partial charge on any atom is -0.479 e. The van der Waals surface area contributed by atoms with Gasteiger partial charge < -0.3 is 20.5 Å². The van der Waals surface area contributed by atoms with E-state index in [-0.39, 0.29) is 12.8 Å². The highest BCUT2D eigenvalue weighted by Crippen LogP contribution is 2.25. The van der Waals surface area contributed by atoms with Gasteiger partial charge in [0, 0.05) is 41.5 Å². The summed E-state index contributed by atoms with van der Waals surface area (Å²) in [7, 11) is 0. The maximum absolute atomic E-state index is 12.3. The van der Waals surface area contributed by atoms with Gasteiger partial charge in [-0.2, -0.15) is 0 Å². The van der Waals surface area contributed by atoms with E-state index in [1.807, 2.05) is 36.4 Å². The topological polar surface area (TPSA) is 113 Å². The summed E-state index contributed by atoms with van der Waals surface area (Å²) in [4.78, 5) is 32.9. The Morgan fingerprint density at radius 1 is 1.06 bits per heavy atom. The Balaban J connectivity index is 1.77. The lowest BCUT2D eigenvalue weighted by Gasteiger charge is -2.31. The summed E-state index contributed by atoms with van der Waals surface area (Å²) >= 11 is 0. The highest BCUT2D eigenvalue weighted by molar-refractivity contribution is 5.92. The number of hydrogen-bond acceptors (Lipinski definition) is 6. The number of anilines is 2. The van der Waals surface area contributed by atoms with Crippen molar-refractivity contribution in [3.63, 3.8) is 0 Å². The molecule has 1 amide bonds. The van der Waals surface area contributed by atoms with E-state index in [0.29, 0.717) is 5.82 Å². The number of amides is 1. The van der Waals surface area contributed by atoms with Crippen LogP contribution in [0.3, 0.4) is 0 Å². The van der Waals surface area contributed by atoms with Crippen molar-refractivity contribution < 1.29 is 19.4 Å². The number of aliphatic carboxylic acids is 1. The molecular weight excluding hydrogens is 408 g/mol. The van der Waals surface area contributed by atoms with Crippen molar-refractivity contribution in [3.8, 4) is 0 Å². The van der Waals surface area contributed by atoms with Crippen LogP contribution < -0.4 is 10.6 Å². The highest BCUT2D eigenvalue weighted by Gasteiger charge is 2.39. The summed E-state index contributed by atoms with van der Waals surface area (Å²) in [5, 5.41) is 17.7. The van der Waals surface area contributed by atoms with Crippen LogP contribution in [0.5, 0.6) is 0 Å². The second kappa shape index (κ2) is 9.21. The lowest BCUT2D eigenvalue weighted by Crippen LogP contribution is -2.56. The zero-order valence-corrected chi connectivity index (χ0v) is 18.7. The molecule has 0 unspecified atom stereocenters. The fourth-order valence-corrected chi connectivity index (χ4v) is 3.34. The van der Waals surface area contributed by atoms with Gasteiger partial charge in [0.2, 0.25) is 0 Å². The molecule has 8 heteroatoms. The lowest BCUT2D eigenvalue weighted by molar-refractivity contribution is -0.145. The van der Waals surface area contributed by atoms with Crippen LogP contribution in [-0.4, -0.2) is 38.3 Å². The third-order valence-corrected chi connectivity index (χ3v) is 5.04. The van der Waals surface area contributed by atoms with E-state index < -0.39 is 23.2 Å². The molecule has 3 rings (SSSR count). The fourth-order valence-electron chi connectivity index (χ4n) is 3.34. The number of aromatic nitrogens is 2. The first-order valence-corrected chi connectivity index (χ1v) is 10.4. The monoisotopic (exact) mass is 436 g/mol. The van der Waals surface area contributed by atoms with Crippen molar-refractivity contribution in [3.05, 3.63) is 60.6 Å². The van der Waals surface area contributed by atoms with Crippen molar-refractivity contribution in [2.45, 2.75) is 51.7 Å². The number of carbonyl (C=O) groups excluding carboxylic acids is 1. The predicted octanol–water partition coefficient (Wildman–Crippen LogP) is 4.67. The number of carboxylic acid groups (broad SMARTS) is 1. The van der Waals surface area contributed by atoms with Crippen molar-refractivity contribution in [1.29, 1.82) is 0 Å². The zero-order chi connectivity index (χ0) is 23.4. The number of rotatable bonds is 7. The number of carbonyl (C=O) groups is 2. The normalized spacial score (nSPS) is 13.2. The van der Waals surface area contributed by atoms with Crippen LogP contribution in [0.4, 0.5) is 16.3 Å². The minimum atomic E-state index is -1.47. The molecule has 3 aromatic rings. The summed E-state index contributed by atoms with van der Waals surface area (Å²) in [6, 6.07) is 11.2. The summed E-state index contributed by atoms with van der Waals surface area (Å²) in [6.07, 6.45) is 4.78. The molecule has 2 heterocycles. The average molecular weight is 437 g/mol. The van der Waals surface area contributed by atoms with Crippen LogP contribution in [0.2, 0.25) is 0 Å². The molecule has 168 valence electrons. The molecule has 32 heavy (non-hydrogen) atoms. The van der Waals surface area contributed by atoms with Gasteiger partial charge >= 0.3 is 12.1 Å². The average Bonchev–Trinajstić information content (AvgIpc) is 2.73. The van der Waals surface area contributed by atoms with Crippen molar-refractivity contribution in [2.75, 3.05) is 5.32 Å². The first kappa shape index (κ1) is 23.0. The number of nitrogens with zero attached hydrogens (tertiary/aromatic N) is 2. The molecule has 8 nitrogen and oxygen atoms in total. The van der Waals surface area contributed by atoms with E-state index in [9.17, 15) is 14.7 Å². The number of pyridine rings is 2. The summed E-state index contributed by atoms with van der Waals surface area (Å²) in [6.45, 7) is 6.92. The number of benzene rings is 1. The van der Waals surface area contributed by atoms with E-state index >= 15 is 0 Å². The Bertz CT molecular complexity index is 1100. The third-order valence-electron chi connectivity index (χ3n) is 5.04. The molecule has 0 aliphatic heterocycles. The number of hydrogen-bond donors (Lipinski definition) is 3. The minimum absolute atomic E-state index is 0.122. The van der Waals surface area contributed by atoms with E-state index in [4.69, 9.17) is 4.74 Å². The Morgan fingerprint density at radius 3 is 2.41 bits per heavy atom. The van der Waals surface area contributed by atoms with Gasteiger partial charge in [0.1, 0.15) is 17.0 Å². The van der Waals surface area contributed by atoms with Crippen molar-refractivity contribution in [1.82, 2.24) is 15.3 Å². The molecule has 1 aromatic carbocycles. The van der Waals surface area contributed by atoms with Gasteiger partial charge in [-0.3, -0.25) is 4.98 Å². The van der Waals surface area contributed by atoms with E-state index in [0.717, 1.165) is 22.0 Å². The molecule has 2 aromatic heterocycles. The molecule has 0 aliphatic rings. The first-order chi connectivity index (χ1) is 15.1. The van der Waals surface area contributed by atoms with Crippen LogP contribution in [-0.2, 0) is 16.0 Å². The predicted molar refractivity (Wildman–Crippen MR) is 123 cm³/mol. The number of carboxylic acids is 1. The number of fused-ring (bicyclic) bond motifs is 1. The molecule has 1 atom stereocenters. The maximum atomic E-state index is 12.3. The summed E-state index contributed by atoms with van der Waals surface area (Å²) in [5.41, 5.74) is -0.614. The molecule has 0 fully saturated rings. The van der Waals surface area contributed by atoms with Crippen LogP contribution in [0, 0.1) is 0 Å². The lowest BCUT2D eigenvalue weighted by atomic mass is 9.88. The van der Waals surface area contributed by atoms with Gasteiger partial charge in [-0.25, -0.2) is 14.6 Å². The molecule has 0 aliphatic carbocycles. The quantitative estimate of drug-likeness (QED) is 0.493. The zero-order valence-electron chi connectivity index (χ0n) is 18.7. The Morgan fingerprint density at radius 2 is 1.78 bits per heavy atom. The Labute approximate surface area is 187 Å². The first-order valence-electron chi connectivity index (χ1n) is 10.4. The molecule has 0 spiro atoms. The Kier molecular flexibility index (Phi) is 6.62. The van der Waals surface area contributed by atoms with Gasteiger partial charge in [0.15, 0.2) is 0 Å². The summed E-state index contributed by atoms with van der Waals surface area (Å²) in [5.74, 6) is -0.403. The van der Waals surface area contributed by atoms with Crippen LogP contribution >= 0.6 is 0 Å². The van der Waals surface area contributed by atoms with E-state index in [1.54, 1.807) is 46.3 Å².